The predicted octanol–water partition coefficient (Wildman–Crippen LogP) is -0.334. The van der Waals surface area contributed by atoms with Crippen LogP contribution < -0.4 is 15.8 Å². The van der Waals surface area contributed by atoms with E-state index in [-0.39, 0.29) is 5.91 Å². The summed E-state index contributed by atoms with van der Waals surface area (Å²) in [5.74, 6) is 5.41. The largest absolute Gasteiger partial charge is 0.352 e. The summed E-state index contributed by atoms with van der Waals surface area (Å²) in [5.41, 5.74) is 6.61. The van der Waals surface area contributed by atoms with Gasteiger partial charge in [0, 0.05) is 24.2 Å². The number of rotatable bonds is 6. The first-order chi connectivity index (χ1) is 9.92. The maximum absolute atomic E-state index is 11.8. The number of carbonyl (C=O) groups is 1. The topological polar surface area (TPSA) is 101 Å². The van der Waals surface area contributed by atoms with Gasteiger partial charge in [-0.1, -0.05) is 11.8 Å². The van der Waals surface area contributed by atoms with Crippen molar-refractivity contribution in [3.8, 4) is 11.8 Å². The van der Waals surface area contributed by atoms with Gasteiger partial charge in [0.25, 0.3) is 5.91 Å². The first kappa shape index (κ1) is 17.2. The van der Waals surface area contributed by atoms with Crippen LogP contribution in [0.1, 0.15) is 22.3 Å². The minimum atomic E-state index is -3.17. The van der Waals surface area contributed by atoms with Gasteiger partial charge in [-0.3, -0.25) is 4.79 Å². The Kier molecular flexibility index (Phi) is 6.88. The number of nitrogens with one attached hydrogen (secondary N) is 2. The fraction of sp³-hybridized carbons (Fsp3) is 0.357. The third-order valence-corrected chi connectivity index (χ3v) is 3.21. The number of amides is 1. The molecule has 1 aromatic carbocycles. The van der Waals surface area contributed by atoms with Crippen molar-refractivity contribution >= 4 is 15.9 Å². The Balaban J connectivity index is 2.38. The molecule has 0 atom stereocenters. The van der Waals surface area contributed by atoms with Crippen molar-refractivity contribution in [2.75, 3.05) is 25.9 Å². The number of carbonyl (C=O) groups excluding carboxylic acids is 1. The van der Waals surface area contributed by atoms with Gasteiger partial charge in [-0.25, -0.2) is 13.1 Å². The Morgan fingerprint density at radius 3 is 2.48 bits per heavy atom. The molecule has 0 unspecified atom stereocenters. The molecular weight excluding hydrogens is 290 g/mol. The van der Waals surface area contributed by atoms with Crippen molar-refractivity contribution in [3.63, 3.8) is 0 Å². The number of sulfonamides is 1. The molecule has 0 heterocycles. The van der Waals surface area contributed by atoms with Gasteiger partial charge in [-0.05, 0) is 30.7 Å². The van der Waals surface area contributed by atoms with E-state index in [0.29, 0.717) is 31.6 Å². The molecule has 0 fully saturated rings. The summed E-state index contributed by atoms with van der Waals surface area (Å²) in [6, 6.07) is 6.88. The lowest BCUT2D eigenvalue weighted by molar-refractivity contribution is 0.0953. The maximum Gasteiger partial charge on any atom is 0.251 e. The molecule has 0 saturated heterocycles. The van der Waals surface area contributed by atoms with Gasteiger partial charge in [-0.2, -0.15) is 0 Å². The highest BCUT2D eigenvalue weighted by Gasteiger charge is 2.04. The lowest BCUT2D eigenvalue weighted by atomic mass is 10.1. The van der Waals surface area contributed by atoms with E-state index in [4.69, 9.17) is 5.73 Å². The number of nitrogens with two attached hydrogens (primary N) is 1. The summed E-state index contributed by atoms with van der Waals surface area (Å²) in [6.45, 7) is 0.993. The smallest absolute Gasteiger partial charge is 0.251 e. The fourth-order valence-electron chi connectivity index (χ4n) is 1.51. The normalized spacial score (nSPS) is 10.6. The van der Waals surface area contributed by atoms with Crippen molar-refractivity contribution in [2.45, 2.75) is 6.42 Å². The molecule has 114 valence electrons. The van der Waals surface area contributed by atoms with E-state index < -0.39 is 10.0 Å². The zero-order valence-electron chi connectivity index (χ0n) is 11.8. The van der Waals surface area contributed by atoms with Crippen molar-refractivity contribution in [1.82, 2.24) is 10.0 Å². The monoisotopic (exact) mass is 309 g/mol. The molecule has 1 amide bonds. The second kappa shape index (κ2) is 8.42. The zero-order chi connectivity index (χ0) is 15.7. The lowest BCUT2D eigenvalue weighted by Gasteiger charge is -2.05. The van der Waals surface area contributed by atoms with E-state index in [0.717, 1.165) is 11.8 Å². The molecule has 1 rings (SSSR count). The molecule has 6 nitrogen and oxygen atoms in total. The average Bonchev–Trinajstić information content (AvgIpc) is 2.44. The van der Waals surface area contributed by atoms with Crippen LogP contribution in [0.4, 0.5) is 0 Å². The van der Waals surface area contributed by atoms with E-state index in [9.17, 15) is 13.2 Å². The summed E-state index contributed by atoms with van der Waals surface area (Å²) in [4.78, 5) is 11.8. The SMILES string of the molecule is CS(=O)(=O)NCCCNC(=O)c1ccc(C#CCN)cc1. The molecule has 0 radical (unpaired) electrons. The van der Waals surface area contributed by atoms with E-state index in [1.54, 1.807) is 24.3 Å². The Labute approximate surface area is 125 Å². The highest BCUT2D eigenvalue weighted by atomic mass is 32.2. The second-order valence-electron chi connectivity index (χ2n) is 4.36. The van der Waals surface area contributed by atoms with Crippen LogP contribution >= 0.6 is 0 Å². The van der Waals surface area contributed by atoms with E-state index in [1.807, 2.05) is 0 Å². The summed E-state index contributed by atoms with van der Waals surface area (Å²) in [5, 5.41) is 2.72. The van der Waals surface area contributed by atoms with E-state index in [1.165, 1.54) is 0 Å². The molecule has 21 heavy (non-hydrogen) atoms. The molecule has 7 heteroatoms. The van der Waals surface area contributed by atoms with Crippen molar-refractivity contribution < 1.29 is 13.2 Å². The van der Waals surface area contributed by atoms with Gasteiger partial charge in [0.2, 0.25) is 10.0 Å². The quantitative estimate of drug-likeness (QED) is 0.494. The molecular formula is C14H19N3O3S. The third-order valence-electron chi connectivity index (χ3n) is 2.49. The minimum Gasteiger partial charge on any atom is -0.352 e. The standard InChI is InChI=1S/C14H19N3O3S/c1-21(19,20)17-11-3-10-16-14(18)13-7-5-12(6-8-13)4-2-9-15/h5-8,17H,3,9-11,15H2,1H3,(H,16,18). The van der Waals surface area contributed by atoms with Crippen LogP contribution in [0.25, 0.3) is 0 Å². The Morgan fingerprint density at radius 2 is 1.90 bits per heavy atom. The molecule has 0 saturated carbocycles. The van der Waals surface area contributed by atoms with Gasteiger partial charge in [0.15, 0.2) is 0 Å². The van der Waals surface area contributed by atoms with Crippen LogP contribution in [0.2, 0.25) is 0 Å². The van der Waals surface area contributed by atoms with Crippen molar-refractivity contribution in [3.05, 3.63) is 35.4 Å². The summed E-state index contributed by atoms with van der Waals surface area (Å²) < 4.78 is 24.0. The Hall–Kier alpha value is -1.88. The lowest BCUT2D eigenvalue weighted by Crippen LogP contribution is -2.29. The van der Waals surface area contributed by atoms with Crippen LogP contribution in [-0.4, -0.2) is 40.2 Å². The second-order valence-corrected chi connectivity index (χ2v) is 6.19. The van der Waals surface area contributed by atoms with Crippen molar-refractivity contribution in [1.29, 1.82) is 0 Å². The number of benzene rings is 1. The Bertz CT molecular complexity index is 628. The van der Waals surface area contributed by atoms with Gasteiger partial charge in [0.1, 0.15) is 0 Å². The fourth-order valence-corrected chi connectivity index (χ4v) is 2.02. The van der Waals surface area contributed by atoms with Crippen LogP contribution in [0, 0.1) is 11.8 Å². The zero-order valence-corrected chi connectivity index (χ0v) is 12.7. The summed E-state index contributed by atoms with van der Waals surface area (Å²) in [6.07, 6.45) is 1.62. The highest BCUT2D eigenvalue weighted by Crippen LogP contribution is 2.03. The summed E-state index contributed by atoms with van der Waals surface area (Å²) >= 11 is 0. The molecule has 0 spiro atoms. The molecule has 0 aliphatic rings. The average molecular weight is 309 g/mol. The molecule has 0 aliphatic heterocycles. The van der Waals surface area contributed by atoms with Crippen LogP contribution in [-0.2, 0) is 10.0 Å². The Morgan fingerprint density at radius 1 is 1.24 bits per heavy atom. The maximum atomic E-state index is 11.8. The molecule has 0 aromatic heterocycles. The summed E-state index contributed by atoms with van der Waals surface area (Å²) in [7, 11) is -3.17. The molecule has 0 bridgehead atoms. The highest BCUT2D eigenvalue weighted by molar-refractivity contribution is 7.88. The first-order valence-corrected chi connectivity index (χ1v) is 8.33. The third kappa shape index (κ3) is 7.46. The predicted molar refractivity (Wildman–Crippen MR) is 82.2 cm³/mol. The van der Waals surface area contributed by atoms with Crippen LogP contribution in [0.3, 0.4) is 0 Å². The van der Waals surface area contributed by atoms with Crippen LogP contribution in [0.15, 0.2) is 24.3 Å². The van der Waals surface area contributed by atoms with E-state index >= 15 is 0 Å². The number of hydrogen-bond donors (Lipinski definition) is 3. The first-order valence-electron chi connectivity index (χ1n) is 6.44. The van der Waals surface area contributed by atoms with Gasteiger partial charge in [-0.15, -0.1) is 0 Å². The van der Waals surface area contributed by atoms with E-state index in [2.05, 4.69) is 21.9 Å². The minimum absolute atomic E-state index is 0.201. The van der Waals surface area contributed by atoms with Gasteiger partial charge >= 0.3 is 0 Å². The van der Waals surface area contributed by atoms with Crippen molar-refractivity contribution in [2.24, 2.45) is 5.73 Å². The number of hydrogen-bond acceptors (Lipinski definition) is 4. The molecule has 0 aliphatic carbocycles. The molecule has 1 aromatic rings. The molecule has 4 N–H and O–H groups in total. The van der Waals surface area contributed by atoms with Gasteiger partial charge in [0.05, 0.1) is 12.8 Å². The van der Waals surface area contributed by atoms with Crippen LogP contribution in [0.5, 0.6) is 0 Å². The van der Waals surface area contributed by atoms with Gasteiger partial charge < -0.3 is 11.1 Å².